The second-order valence-corrected chi connectivity index (χ2v) is 3.53. The van der Waals surface area contributed by atoms with Gasteiger partial charge in [-0.05, 0) is 17.7 Å². The molecule has 1 fully saturated rings. The normalized spacial score (nSPS) is 18.9. The summed E-state index contributed by atoms with van der Waals surface area (Å²) < 4.78 is 54.8. The van der Waals surface area contributed by atoms with Crippen LogP contribution in [0.3, 0.4) is 0 Å². The molecule has 0 saturated carbocycles. The Kier molecular flexibility index (Phi) is 4.05. The van der Waals surface area contributed by atoms with Crippen LogP contribution in [0, 0.1) is 5.82 Å². The molecule has 1 atom stereocenters. The Morgan fingerprint density at radius 3 is 2.50 bits per heavy atom. The molecule has 0 aromatic heterocycles. The van der Waals surface area contributed by atoms with Crippen molar-refractivity contribution in [2.75, 3.05) is 6.61 Å². The average Bonchev–Trinajstić information content (AvgIpc) is 2.64. The van der Waals surface area contributed by atoms with E-state index in [1.165, 1.54) is 6.07 Å². The van der Waals surface area contributed by atoms with Gasteiger partial charge in [-0.3, -0.25) is 0 Å². The van der Waals surface area contributed by atoms with Crippen LogP contribution >= 0.6 is 12.4 Å². The lowest BCUT2D eigenvalue weighted by Gasteiger charge is -2.12. The van der Waals surface area contributed by atoms with Crippen molar-refractivity contribution in [1.29, 1.82) is 0 Å². The number of nitrogens with one attached hydrogen (secondary N) is 1. The number of benzene rings is 1. The molecule has 0 bridgehead atoms. The van der Waals surface area contributed by atoms with Crippen molar-refractivity contribution >= 4 is 18.5 Å². The lowest BCUT2D eigenvalue weighted by molar-refractivity contribution is -0.140. The molecule has 8 heteroatoms. The second-order valence-electron chi connectivity index (χ2n) is 3.53. The van der Waals surface area contributed by atoms with Crippen molar-refractivity contribution in [2.45, 2.75) is 12.2 Å². The third-order valence-corrected chi connectivity index (χ3v) is 2.37. The van der Waals surface area contributed by atoms with Gasteiger partial charge in [0.2, 0.25) is 0 Å². The summed E-state index contributed by atoms with van der Waals surface area (Å²) in [6.45, 7) is -0.0677. The van der Waals surface area contributed by atoms with Gasteiger partial charge in [0.25, 0.3) is 0 Å². The number of cyclic esters (lactones) is 1. The third-order valence-electron chi connectivity index (χ3n) is 2.37. The van der Waals surface area contributed by atoms with E-state index in [9.17, 15) is 22.4 Å². The molecule has 0 spiro atoms. The molecule has 1 saturated heterocycles. The maximum absolute atomic E-state index is 13.0. The van der Waals surface area contributed by atoms with Crippen LogP contribution in [-0.2, 0) is 10.9 Å². The standard InChI is InChI=1S/C10H7F4NO2.ClH/c11-7-2-1-5(3-6(7)10(12,13)14)8-4-17-9(16)15-8;/h1-3,8H,4H2,(H,15,16);1H/t8-;/m0./s1. The highest BCUT2D eigenvalue weighted by Gasteiger charge is 2.35. The van der Waals surface area contributed by atoms with Gasteiger partial charge in [0.05, 0.1) is 11.6 Å². The molecule has 2 rings (SSSR count). The van der Waals surface area contributed by atoms with E-state index in [0.717, 1.165) is 6.07 Å². The number of carbonyl (C=O) groups excluding carboxylic acids is 1. The van der Waals surface area contributed by atoms with Crippen LogP contribution in [0.2, 0.25) is 0 Å². The smallest absolute Gasteiger partial charge is 0.419 e. The molecule has 1 aliphatic rings. The minimum Gasteiger partial charge on any atom is -0.447 e. The zero-order valence-corrected chi connectivity index (χ0v) is 9.57. The number of halogens is 5. The SMILES string of the molecule is Cl.O=C1N[C@H](c2ccc(F)c(C(F)(F)F)c2)CO1. The van der Waals surface area contributed by atoms with E-state index in [1.54, 1.807) is 0 Å². The zero-order valence-electron chi connectivity index (χ0n) is 8.75. The molecular formula is C10H8ClF4NO2. The number of carbonyl (C=O) groups is 1. The average molecular weight is 286 g/mol. The van der Waals surface area contributed by atoms with Crippen LogP contribution in [-0.4, -0.2) is 12.7 Å². The van der Waals surface area contributed by atoms with Crippen molar-refractivity contribution in [1.82, 2.24) is 5.32 Å². The fourth-order valence-corrected chi connectivity index (χ4v) is 1.54. The van der Waals surface area contributed by atoms with Crippen molar-refractivity contribution in [3.63, 3.8) is 0 Å². The first-order valence-corrected chi connectivity index (χ1v) is 4.68. The largest absolute Gasteiger partial charge is 0.447 e. The Morgan fingerprint density at radius 2 is 2.00 bits per heavy atom. The van der Waals surface area contributed by atoms with Crippen molar-refractivity contribution in [2.24, 2.45) is 0 Å². The van der Waals surface area contributed by atoms with Gasteiger partial charge < -0.3 is 10.1 Å². The lowest BCUT2D eigenvalue weighted by atomic mass is 10.0. The molecule has 18 heavy (non-hydrogen) atoms. The molecule has 1 N–H and O–H groups in total. The number of hydrogen-bond donors (Lipinski definition) is 1. The van der Waals surface area contributed by atoms with E-state index in [2.05, 4.69) is 10.1 Å². The predicted octanol–water partition coefficient (Wildman–Crippen LogP) is 3.05. The minimum atomic E-state index is -4.76. The van der Waals surface area contributed by atoms with E-state index in [1.807, 2.05) is 0 Å². The van der Waals surface area contributed by atoms with E-state index in [0.29, 0.717) is 6.07 Å². The Labute approximate surface area is 106 Å². The fraction of sp³-hybridized carbons (Fsp3) is 0.300. The lowest BCUT2D eigenvalue weighted by Crippen LogP contribution is -2.19. The van der Waals surface area contributed by atoms with Crippen LogP contribution in [0.15, 0.2) is 18.2 Å². The minimum absolute atomic E-state index is 0. The first kappa shape index (κ1) is 14.6. The summed E-state index contributed by atoms with van der Waals surface area (Å²) in [4.78, 5) is 10.7. The summed E-state index contributed by atoms with van der Waals surface area (Å²) in [6, 6.07) is 1.91. The molecule has 100 valence electrons. The molecule has 0 unspecified atom stereocenters. The molecule has 1 aliphatic heterocycles. The molecule has 0 radical (unpaired) electrons. The summed E-state index contributed by atoms with van der Waals surface area (Å²) in [7, 11) is 0. The van der Waals surface area contributed by atoms with Gasteiger partial charge in [-0.1, -0.05) is 6.07 Å². The molecule has 1 heterocycles. The first-order valence-electron chi connectivity index (χ1n) is 4.68. The maximum atomic E-state index is 13.0. The third kappa shape index (κ3) is 2.84. The number of amides is 1. The predicted molar refractivity (Wildman–Crippen MR) is 55.9 cm³/mol. The number of hydrogen-bond acceptors (Lipinski definition) is 2. The molecule has 1 aromatic carbocycles. The number of ether oxygens (including phenoxy) is 1. The van der Waals surface area contributed by atoms with Crippen LogP contribution in [0.1, 0.15) is 17.2 Å². The van der Waals surface area contributed by atoms with Crippen molar-refractivity contribution in [3.8, 4) is 0 Å². The van der Waals surface area contributed by atoms with Gasteiger partial charge in [-0.2, -0.15) is 13.2 Å². The van der Waals surface area contributed by atoms with Crippen LogP contribution < -0.4 is 5.32 Å². The van der Waals surface area contributed by atoms with Crippen LogP contribution in [0.4, 0.5) is 22.4 Å². The second kappa shape index (κ2) is 5.01. The number of alkyl halides is 3. The number of alkyl carbamates (subject to hydrolysis) is 1. The molecule has 1 aromatic rings. The first-order chi connectivity index (χ1) is 7.88. The topological polar surface area (TPSA) is 38.3 Å². The van der Waals surface area contributed by atoms with Gasteiger partial charge in [0.15, 0.2) is 0 Å². The highest BCUT2D eigenvalue weighted by molar-refractivity contribution is 5.85. The number of rotatable bonds is 1. The van der Waals surface area contributed by atoms with E-state index in [4.69, 9.17) is 0 Å². The Hall–Kier alpha value is -1.50. The summed E-state index contributed by atoms with van der Waals surface area (Å²) in [5.41, 5.74) is -1.19. The van der Waals surface area contributed by atoms with Crippen LogP contribution in [0.5, 0.6) is 0 Å². The molecule has 3 nitrogen and oxygen atoms in total. The van der Waals surface area contributed by atoms with Crippen LogP contribution in [0.25, 0.3) is 0 Å². The van der Waals surface area contributed by atoms with Gasteiger partial charge in [-0.15, -0.1) is 12.4 Å². The highest BCUT2D eigenvalue weighted by Crippen LogP contribution is 2.33. The van der Waals surface area contributed by atoms with Crippen molar-refractivity contribution < 1.29 is 27.1 Å². The van der Waals surface area contributed by atoms with Gasteiger partial charge in [0.1, 0.15) is 12.4 Å². The van der Waals surface area contributed by atoms with E-state index in [-0.39, 0.29) is 24.6 Å². The molecule has 1 amide bonds. The quantitative estimate of drug-likeness (QED) is 0.806. The van der Waals surface area contributed by atoms with Crippen molar-refractivity contribution in [3.05, 3.63) is 35.1 Å². The summed E-state index contributed by atoms with van der Waals surface area (Å²) in [5, 5.41) is 2.32. The summed E-state index contributed by atoms with van der Waals surface area (Å²) in [5.74, 6) is -1.34. The maximum Gasteiger partial charge on any atom is 0.419 e. The molecular weight excluding hydrogens is 278 g/mol. The van der Waals surface area contributed by atoms with E-state index < -0.39 is 29.7 Å². The fourth-order valence-electron chi connectivity index (χ4n) is 1.54. The highest BCUT2D eigenvalue weighted by atomic mass is 35.5. The van der Waals surface area contributed by atoms with Gasteiger partial charge in [0, 0.05) is 0 Å². The van der Waals surface area contributed by atoms with Gasteiger partial charge in [-0.25, -0.2) is 9.18 Å². The zero-order chi connectivity index (χ0) is 12.6. The Balaban J connectivity index is 0.00000162. The van der Waals surface area contributed by atoms with E-state index >= 15 is 0 Å². The summed E-state index contributed by atoms with van der Waals surface area (Å²) in [6.07, 6.45) is -5.46. The van der Waals surface area contributed by atoms with Gasteiger partial charge >= 0.3 is 12.3 Å². The Bertz CT molecular complexity index is 464. The molecule has 0 aliphatic carbocycles. The monoisotopic (exact) mass is 285 g/mol. The summed E-state index contributed by atoms with van der Waals surface area (Å²) >= 11 is 0. The Morgan fingerprint density at radius 1 is 1.33 bits per heavy atom.